The largest absolute Gasteiger partial charge is 0.381 e. The summed E-state index contributed by atoms with van der Waals surface area (Å²) in [6, 6.07) is 0. The van der Waals surface area contributed by atoms with E-state index in [9.17, 15) is 4.79 Å². The second-order valence-electron chi connectivity index (χ2n) is 4.51. The molecule has 1 unspecified atom stereocenters. The van der Waals surface area contributed by atoms with Crippen LogP contribution in [0.3, 0.4) is 0 Å². The fourth-order valence-corrected chi connectivity index (χ4v) is 2.36. The zero-order valence-electron chi connectivity index (χ0n) is 10.1. The summed E-state index contributed by atoms with van der Waals surface area (Å²) in [7, 11) is 0. The van der Waals surface area contributed by atoms with E-state index in [1.807, 2.05) is 18.5 Å². The van der Waals surface area contributed by atoms with Crippen molar-refractivity contribution in [3.05, 3.63) is 17.0 Å². The van der Waals surface area contributed by atoms with Gasteiger partial charge in [-0.2, -0.15) is 5.10 Å². The Morgan fingerprint density at radius 3 is 2.81 bits per heavy atom. The Labute approximate surface area is 95.6 Å². The highest BCUT2D eigenvalue weighted by Gasteiger charge is 2.20. The lowest BCUT2D eigenvalue weighted by Crippen LogP contribution is -2.13. The van der Waals surface area contributed by atoms with Crippen LogP contribution in [0.2, 0.25) is 0 Å². The standard InChI is InChI=1S/C12H18N2O2/c1-8-12(10(3)15)9(2)14(13-8)6-11-4-5-16-7-11/h11H,4-7H2,1-3H3. The van der Waals surface area contributed by atoms with Crippen LogP contribution in [0.4, 0.5) is 0 Å². The lowest BCUT2D eigenvalue weighted by atomic mass is 10.1. The lowest BCUT2D eigenvalue weighted by Gasteiger charge is -2.09. The number of hydrogen-bond donors (Lipinski definition) is 0. The zero-order chi connectivity index (χ0) is 11.7. The average molecular weight is 222 g/mol. The van der Waals surface area contributed by atoms with Gasteiger partial charge in [0, 0.05) is 24.8 Å². The van der Waals surface area contributed by atoms with Gasteiger partial charge >= 0.3 is 0 Å². The normalized spacial score (nSPS) is 20.3. The Kier molecular flexibility index (Phi) is 3.10. The van der Waals surface area contributed by atoms with Crippen LogP contribution in [-0.4, -0.2) is 28.8 Å². The summed E-state index contributed by atoms with van der Waals surface area (Å²) in [4.78, 5) is 11.5. The van der Waals surface area contributed by atoms with Gasteiger partial charge in [-0.05, 0) is 27.2 Å². The second-order valence-corrected chi connectivity index (χ2v) is 4.51. The fraction of sp³-hybridized carbons (Fsp3) is 0.667. The first-order chi connectivity index (χ1) is 7.59. The van der Waals surface area contributed by atoms with Crippen LogP contribution in [0, 0.1) is 19.8 Å². The number of Topliss-reactive ketones (excluding diaryl/α,β-unsaturated/α-hetero) is 1. The summed E-state index contributed by atoms with van der Waals surface area (Å²) in [5, 5.41) is 4.44. The third-order valence-electron chi connectivity index (χ3n) is 3.19. The minimum absolute atomic E-state index is 0.101. The van der Waals surface area contributed by atoms with Gasteiger partial charge in [-0.25, -0.2) is 0 Å². The molecule has 0 amide bonds. The van der Waals surface area contributed by atoms with Gasteiger partial charge in [0.15, 0.2) is 5.78 Å². The molecule has 0 aliphatic carbocycles. The van der Waals surface area contributed by atoms with Crippen molar-refractivity contribution in [3.63, 3.8) is 0 Å². The second kappa shape index (κ2) is 4.37. The number of aromatic nitrogens is 2. The Bertz CT molecular complexity index is 403. The smallest absolute Gasteiger partial charge is 0.163 e. The van der Waals surface area contributed by atoms with Crippen molar-refractivity contribution in [3.8, 4) is 0 Å². The van der Waals surface area contributed by atoms with Crippen LogP contribution in [0.15, 0.2) is 0 Å². The molecule has 0 N–H and O–H groups in total. The SMILES string of the molecule is CC(=O)c1c(C)nn(CC2CCOC2)c1C. The highest BCUT2D eigenvalue weighted by molar-refractivity contribution is 5.96. The zero-order valence-corrected chi connectivity index (χ0v) is 10.1. The van der Waals surface area contributed by atoms with Gasteiger partial charge in [-0.3, -0.25) is 9.48 Å². The van der Waals surface area contributed by atoms with Crippen molar-refractivity contribution >= 4 is 5.78 Å². The number of hydrogen-bond acceptors (Lipinski definition) is 3. The minimum atomic E-state index is 0.101. The van der Waals surface area contributed by atoms with Gasteiger partial charge < -0.3 is 4.74 Å². The lowest BCUT2D eigenvalue weighted by molar-refractivity contribution is 0.101. The van der Waals surface area contributed by atoms with Crippen LogP contribution in [0.1, 0.15) is 35.1 Å². The Hall–Kier alpha value is -1.16. The number of rotatable bonds is 3. The monoisotopic (exact) mass is 222 g/mol. The van der Waals surface area contributed by atoms with Crippen LogP contribution in [-0.2, 0) is 11.3 Å². The molecule has 1 aliphatic heterocycles. The van der Waals surface area contributed by atoms with Crippen molar-refractivity contribution in [1.29, 1.82) is 0 Å². The molecule has 4 nitrogen and oxygen atoms in total. The summed E-state index contributed by atoms with van der Waals surface area (Å²) in [6.07, 6.45) is 1.09. The molecule has 1 atom stereocenters. The number of aryl methyl sites for hydroxylation is 1. The summed E-state index contributed by atoms with van der Waals surface area (Å²) < 4.78 is 7.30. The van der Waals surface area contributed by atoms with E-state index in [0.717, 1.165) is 43.1 Å². The quantitative estimate of drug-likeness (QED) is 0.732. The third-order valence-corrected chi connectivity index (χ3v) is 3.19. The summed E-state index contributed by atoms with van der Waals surface area (Å²) in [6.45, 7) is 7.98. The summed E-state index contributed by atoms with van der Waals surface area (Å²) >= 11 is 0. The molecule has 2 heterocycles. The molecule has 1 aromatic heterocycles. The first-order valence-corrected chi connectivity index (χ1v) is 5.72. The van der Waals surface area contributed by atoms with Gasteiger partial charge in [0.05, 0.1) is 17.9 Å². The first-order valence-electron chi connectivity index (χ1n) is 5.72. The maximum atomic E-state index is 11.5. The fourth-order valence-electron chi connectivity index (χ4n) is 2.36. The number of ketones is 1. The molecule has 0 saturated carbocycles. The Morgan fingerprint density at radius 1 is 1.56 bits per heavy atom. The van der Waals surface area contributed by atoms with E-state index in [1.54, 1.807) is 6.92 Å². The molecule has 1 aromatic rings. The van der Waals surface area contributed by atoms with Gasteiger partial charge in [0.25, 0.3) is 0 Å². The van der Waals surface area contributed by atoms with Crippen molar-refractivity contribution in [2.45, 2.75) is 33.7 Å². The van der Waals surface area contributed by atoms with Gasteiger partial charge in [-0.1, -0.05) is 0 Å². The van der Waals surface area contributed by atoms with Gasteiger partial charge in [-0.15, -0.1) is 0 Å². The van der Waals surface area contributed by atoms with E-state index in [-0.39, 0.29) is 5.78 Å². The third kappa shape index (κ3) is 2.02. The molecule has 0 aromatic carbocycles. The van der Waals surface area contributed by atoms with Crippen molar-refractivity contribution < 1.29 is 9.53 Å². The highest BCUT2D eigenvalue weighted by Crippen LogP contribution is 2.19. The topological polar surface area (TPSA) is 44.1 Å². The Balaban J connectivity index is 2.21. The average Bonchev–Trinajstić information content (AvgIpc) is 2.76. The molecular formula is C12H18N2O2. The molecule has 0 radical (unpaired) electrons. The molecule has 88 valence electrons. The molecule has 16 heavy (non-hydrogen) atoms. The number of carbonyl (C=O) groups is 1. The number of carbonyl (C=O) groups excluding carboxylic acids is 1. The number of ether oxygens (including phenoxy) is 1. The summed E-state index contributed by atoms with van der Waals surface area (Å²) in [5.41, 5.74) is 2.60. The molecular weight excluding hydrogens is 204 g/mol. The van der Waals surface area contributed by atoms with E-state index in [2.05, 4.69) is 5.10 Å². The Morgan fingerprint density at radius 2 is 2.31 bits per heavy atom. The van der Waals surface area contributed by atoms with Crippen molar-refractivity contribution in [1.82, 2.24) is 9.78 Å². The highest BCUT2D eigenvalue weighted by atomic mass is 16.5. The van der Waals surface area contributed by atoms with Crippen LogP contribution in [0.25, 0.3) is 0 Å². The van der Waals surface area contributed by atoms with E-state index in [0.29, 0.717) is 5.92 Å². The molecule has 1 saturated heterocycles. The van der Waals surface area contributed by atoms with Crippen LogP contribution < -0.4 is 0 Å². The maximum absolute atomic E-state index is 11.5. The van der Waals surface area contributed by atoms with Crippen molar-refractivity contribution in [2.24, 2.45) is 5.92 Å². The predicted molar refractivity (Wildman–Crippen MR) is 60.6 cm³/mol. The predicted octanol–water partition coefficient (Wildman–Crippen LogP) is 1.74. The molecule has 0 bridgehead atoms. The maximum Gasteiger partial charge on any atom is 0.163 e. The minimum Gasteiger partial charge on any atom is -0.381 e. The number of nitrogens with zero attached hydrogens (tertiary/aromatic N) is 2. The van der Waals surface area contributed by atoms with Crippen LogP contribution >= 0.6 is 0 Å². The first kappa shape index (κ1) is 11.3. The van der Waals surface area contributed by atoms with Crippen molar-refractivity contribution in [2.75, 3.05) is 13.2 Å². The van der Waals surface area contributed by atoms with Gasteiger partial charge in [0.2, 0.25) is 0 Å². The molecule has 4 heteroatoms. The van der Waals surface area contributed by atoms with Crippen LogP contribution in [0.5, 0.6) is 0 Å². The molecule has 1 aliphatic rings. The molecule has 2 rings (SSSR count). The van der Waals surface area contributed by atoms with E-state index in [4.69, 9.17) is 4.74 Å². The van der Waals surface area contributed by atoms with Gasteiger partial charge in [0.1, 0.15) is 0 Å². The summed E-state index contributed by atoms with van der Waals surface area (Å²) in [5.74, 6) is 0.640. The molecule has 1 fully saturated rings. The van der Waals surface area contributed by atoms with E-state index in [1.165, 1.54) is 0 Å². The van der Waals surface area contributed by atoms with E-state index >= 15 is 0 Å². The van der Waals surface area contributed by atoms with E-state index < -0.39 is 0 Å². The molecule has 0 spiro atoms.